The van der Waals surface area contributed by atoms with Crippen LogP contribution in [-0.2, 0) is 9.47 Å². The lowest BCUT2D eigenvalue weighted by molar-refractivity contribution is 0.0642. The number of carboxylic acid groups (broad SMARTS) is 1. The summed E-state index contributed by atoms with van der Waals surface area (Å²) in [5.74, 6) is -0.851. The summed E-state index contributed by atoms with van der Waals surface area (Å²) in [4.78, 5) is 14.5. The zero-order chi connectivity index (χ0) is 14.1. The summed E-state index contributed by atoms with van der Waals surface area (Å²) in [6.45, 7) is 2.05. The van der Waals surface area contributed by atoms with Gasteiger partial charge >= 0.3 is 5.97 Å². The average molecular weight is 290 g/mol. The van der Waals surface area contributed by atoms with Crippen molar-refractivity contribution in [2.75, 3.05) is 33.5 Å². The van der Waals surface area contributed by atoms with Crippen LogP contribution < -0.4 is 4.74 Å². The Labute approximate surface area is 116 Å². The first-order valence-electron chi connectivity index (χ1n) is 5.73. The minimum atomic E-state index is -1.08. The fourth-order valence-electron chi connectivity index (χ4n) is 1.22. The zero-order valence-corrected chi connectivity index (χ0v) is 11.4. The van der Waals surface area contributed by atoms with Crippen LogP contribution in [0.3, 0.4) is 0 Å². The Morgan fingerprint density at radius 2 is 2.16 bits per heavy atom. The monoisotopic (exact) mass is 289 g/mol. The van der Waals surface area contributed by atoms with Gasteiger partial charge in [0.1, 0.15) is 5.02 Å². The van der Waals surface area contributed by atoms with E-state index in [9.17, 15) is 4.79 Å². The molecular weight excluding hydrogens is 274 g/mol. The minimum Gasteiger partial charge on any atom is -0.478 e. The van der Waals surface area contributed by atoms with Crippen molar-refractivity contribution in [3.63, 3.8) is 0 Å². The fourth-order valence-corrected chi connectivity index (χ4v) is 1.44. The third-order valence-electron chi connectivity index (χ3n) is 2.16. The van der Waals surface area contributed by atoms with Gasteiger partial charge in [-0.3, -0.25) is 0 Å². The van der Waals surface area contributed by atoms with Gasteiger partial charge in [0.15, 0.2) is 0 Å². The predicted molar refractivity (Wildman–Crippen MR) is 69.0 cm³/mol. The Hall–Kier alpha value is -1.37. The summed E-state index contributed by atoms with van der Waals surface area (Å²) in [5, 5.41) is 8.93. The molecule has 1 aromatic rings. The van der Waals surface area contributed by atoms with Crippen LogP contribution in [0, 0.1) is 0 Å². The van der Waals surface area contributed by atoms with Crippen molar-refractivity contribution in [2.24, 2.45) is 0 Å². The number of aromatic nitrogens is 1. The molecule has 6 nitrogen and oxygen atoms in total. The Morgan fingerprint density at radius 3 is 2.79 bits per heavy atom. The number of aromatic carboxylic acids is 1. The number of nitrogens with zero attached hydrogens (tertiary/aromatic N) is 1. The first-order chi connectivity index (χ1) is 9.15. The third kappa shape index (κ3) is 5.87. The summed E-state index contributed by atoms with van der Waals surface area (Å²) in [6, 6.07) is 1.31. The molecule has 106 valence electrons. The van der Waals surface area contributed by atoms with Crippen molar-refractivity contribution in [1.82, 2.24) is 4.98 Å². The van der Waals surface area contributed by atoms with Gasteiger partial charge in [-0.15, -0.1) is 0 Å². The van der Waals surface area contributed by atoms with E-state index >= 15 is 0 Å². The molecule has 0 fully saturated rings. The molecule has 19 heavy (non-hydrogen) atoms. The van der Waals surface area contributed by atoms with E-state index in [4.69, 9.17) is 30.9 Å². The van der Waals surface area contributed by atoms with Crippen molar-refractivity contribution in [3.05, 3.63) is 22.8 Å². The molecule has 0 atom stereocenters. The molecule has 7 heteroatoms. The van der Waals surface area contributed by atoms with Crippen LogP contribution in [0.15, 0.2) is 12.3 Å². The van der Waals surface area contributed by atoms with E-state index < -0.39 is 5.97 Å². The third-order valence-corrected chi connectivity index (χ3v) is 2.43. The zero-order valence-electron chi connectivity index (χ0n) is 10.6. The molecule has 1 rings (SSSR count). The molecule has 0 aliphatic rings. The van der Waals surface area contributed by atoms with Gasteiger partial charge in [0.25, 0.3) is 0 Å². The molecule has 0 aromatic carbocycles. The molecule has 0 spiro atoms. The quantitative estimate of drug-likeness (QED) is 0.699. The first kappa shape index (κ1) is 15.7. The maximum Gasteiger partial charge on any atom is 0.337 e. The highest BCUT2D eigenvalue weighted by Gasteiger charge is 2.09. The highest BCUT2D eigenvalue weighted by Crippen LogP contribution is 2.22. The Bertz CT molecular complexity index is 413. The Balaban J connectivity index is 2.28. The smallest absolute Gasteiger partial charge is 0.337 e. The predicted octanol–water partition coefficient (Wildman–Crippen LogP) is 1.87. The van der Waals surface area contributed by atoms with E-state index in [1.807, 2.05) is 0 Å². The van der Waals surface area contributed by atoms with Gasteiger partial charge in [0.2, 0.25) is 5.88 Å². The summed E-state index contributed by atoms with van der Waals surface area (Å²) >= 11 is 5.86. The largest absolute Gasteiger partial charge is 0.478 e. The van der Waals surface area contributed by atoms with Gasteiger partial charge in [0.05, 0.1) is 25.4 Å². The van der Waals surface area contributed by atoms with E-state index in [0.29, 0.717) is 32.8 Å². The van der Waals surface area contributed by atoms with Crippen LogP contribution >= 0.6 is 11.6 Å². The number of pyridine rings is 1. The van der Waals surface area contributed by atoms with Crippen LogP contribution in [-0.4, -0.2) is 49.6 Å². The van der Waals surface area contributed by atoms with E-state index in [1.54, 1.807) is 7.11 Å². The number of hydrogen-bond donors (Lipinski definition) is 1. The number of carboxylic acids is 1. The molecule has 1 N–H and O–H groups in total. The average Bonchev–Trinajstić information content (AvgIpc) is 2.39. The standard InChI is InChI=1S/C12H16ClNO5/c1-17-5-6-18-3-2-4-19-11-10(13)7-9(8-14-11)12(15)16/h7-8H,2-6H2,1H3,(H,15,16). The lowest BCUT2D eigenvalue weighted by Gasteiger charge is -2.07. The molecule has 1 heterocycles. The molecule has 0 radical (unpaired) electrons. The molecule has 0 amide bonds. The Morgan fingerprint density at radius 1 is 1.37 bits per heavy atom. The molecule has 0 aliphatic carbocycles. The second-order valence-electron chi connectivity index (χ2n) is 3.62. The molecule has 0 saturated carbocycles. The van der Waals surface area contributed by atoms with Crippen molar-refractivity contribution in [3.8, 4) is 5.88 Å². The number of ether oxygens (including phenoxy) is 3. The van der Waals surface area contributed by atoms with Gasteiger partial charge in [-0.25, -0.2) is 9.78 Å². The van der Waals surface area contributed by atoms with Crippen molar-refractivity contribution >= 4 is 17.6 Å². The Kier molecular flexibility index (Phi) is 7.17. The number of halogens is 1. The van der Waals surface area contributed by atoms with Gasteiger partial charge in [-0.1, -0.05) is 11.6 Å². The minimum absolute atomic E-state index is 0.0280. The van der Waals surface area contributed by atoms with Crippen LogP contribution in [0.5, 0.6) is 5.88 Å². The summed E-state index contributed by atoms with van der Waals surface area (Å²) < 4.78 is 15.4. The molecule has 0 saturated heterocycles. The van der Waals surface area contributed by atoms with Crippen molar-refractivity contribution in [2.45, 2.75) is 6.42 Å². The van der Waals surface area contributed by atoms with E-state index in [1.165, 1.54) is 12.3 Å². The molecule has 0 aliphatic heterocycles. The molecular formula is C12H16ClNO5. The molecule has 0 unspecified atom stereocenters. The molecule has 0 bridgehead atoms. The van der Waals surface area contributed by atoms with Crippen molar-refractivity contribution in [1.29, 1.82) is 0 Å². The van der Waals surface area contributed by atoms with Crippen LogP contribution in [0.2, 0.25) is 5.02 Å². The van der Waals surface area contributed by atoms with E-state index in [2.05, 4.69) is 4.98 Å². The highest BCUT2D eigenvalue weighted by atomic mass is 35.5. The number of methoxy groups -OCH3 is 1. The lowest BCUT2D eigenvalue weighted by Crippen LogP contribution is -2.07. The van der Waals surface area contributed by atoms with E-state index in [0.717, 1.165) is 0 Å². The summed E-state index contributed by atoms with van der Waals surface area (Å²) in [5.41, 5.74) is 0.0280. The number of carbonyl (C=O) groups is 1. The van der Waals surface area contributed by atoms with Crippen LogP contribution in [0.25, 0.3) is 0 Å². The maximum atomic E-state index is 10.7. The van der Waals surface area contributed by atoms with Crippen LogP contribution in [0.4, 0.5) is 0 Å². The maximum absolute atomic E-state index is 10.7. The topological polar surface area (TPSA) is 77.9 Å². The summed E-state index contributed by atoms with van der Waals surface area (Å²) in [6.07, 6.45) is 1.89. The lowest BCUT2D eigenvalue weighted by atomic mass is 10.3. The SMILES string of the molecule is COCCOCCCOc1ncc(C(=O)O)cc1Cl. The van der Waals surface area contributed by atoms with Gasteiger partial charge in [-0.2, -0.15) is 0 Å². The normalized spacial score (nSPS) is 10.4. The highest BCUT2D eigenvalue weighted by molar-refractivity contribution is 6.32. The number of hydrogen-bond acceptors (Lipinski definition) is 5. The molecule has 1 aromatic heterocycles. The van der Waals surface area contributed by atoms with Crippen molar-refractivity contribution < 1.29 is 24.1 Å². The van der Waals surface area contributed by atoms with Gasteiger partial charge in [-0.05, 0) is 6.07 Å². The van der Waals surface area contributed by atoms with Gasteiger partial charge < -0.3 is 19.3 Å². The number of rotatable bonds is 9. The van der Waals surface area contributed by atoms with E-state index in [-0.39, 0.29) is 16.5 Å². The van der Waals surface area contributed by atoms with Crippen LogP contribution in [0.1, 0.15) is 16.8 Å². The van der Waals surface area contributed by atoms with Gasteiger partial charge in [0, 0.05) is 26.3 Å². The summed E-state index contributed by atoms with van der Waals surface area (Å²) in [7, 11) is 1.61. The fraction of sp³-hybridized carbons (Fsp3) is 0.500. The first-order valence-corrected chi connectivity index (χ1v) is 6.11. The second-order valence-corrected chi connectivity index (χ2v) is 4.03. The second kappa shape index (κ2) is 8.68.